The molecule has 4 nitrogen and oxygen atoms in total. The summed E-state index contributed by atoms with van der Waals surface area (Å²) in [6.07, 6.45) is 0.652. The number of hydrogen-bond donors (Lipinski definition) is 1. The maximum atomic E-state index is 12.2. The fraction of sp³-hybridized carbons (Fsp3) is 0.158. The second-order valence-electron chi connectivity index (χ2n) is 5.43. The summed E-state index contributed by atoms with van der Waals surface area (Å²) in [6.45, 7) is 0. The first kappa shape index (κ1) is 18.0. The number of nitrogens with zero attached hydrogens (tertiary/aromatic N) is 1. The van der Waals surface area contributed by atoms with Gasteiger partial charge in [0.25, 0.3) is 5.56 Å². The van der Waals surface area contributed by atoms with Crippen LogP contribution in [0.15, 0.2) is 64.5 Å². The zero-order valence-corrected chi connectivity index (χ0v) is 16.6. The summed E-state index contributed by atoms with van der Waals surface area (Å²) in [4.78, 5) is 19.7. The molecule has 0 aliphatic heterocycles. The highest BCUT2D eigenvalue weighted by Gasteiger charge is 2.10. The van der Waals surface area contributed by atoms with Crippen molar-refractivity contribution in [2.75, 3.05) is 7.11 Å². The first-order valence-corrected chi connectivity index (χ1v) is 9.80. The number of nitrogens with one attached hydrogen (secondary N) is 1. The number of rotatable bonds is 6. The molecule has 6 heteroatoms. The predicted molar refractivity (Wildman–Crippen MR) is 109 cm³/mol. The van der Waals surface area contributed by atoms with Gasteiger partial charge in [-0.3, -0.25) is 4.79 Å². The fourth-order valence-electron chi connectivity index (χ4n) is 2.33. The number of methoxy groups -OCH3 is 1. The Kier molecular flexibility index (Phi) is 6.14. The molecule has 1 N–H and O–H groups in total. The molecular weight excluding hydrogens is 447 g/mol. The lowest BCUT2D eigenvalue weighted by molar-refractivity contribution is 0.414. The molecule has 0 fully saturated rings. The number of benzene rings is 2. The molecule has 0 saturated heterocycles. The quantitative estimate of drug-likeness (QED) is 0.337. The summed E-state index contributed by atoms with van der Waals surface area (Å²) in [5.41, 5.74) is 3.02. The minimum absolute atomic E-state index is 0.0845. The Morgan fingerprint density at radius 3 is 2.48 bits per heavy atom. The Balaban J connectivity index is 1.76. The lowest BCUT2D eigenvalue weighted by Crippen LogP contribution is -2.16. The van der Waals surface area contributed by atoms with Gasteiger partial charge in [-0.25, -0.2) is 4.98 Å². The van der Waals surface area contributed by atoms with Gasteiger partial charge in [0.2, 0.25) is 0 Å². The summed E-state index contributed by atoms with van der Waals surface area (Å²) in [7, 11) is 1.65. The van der Waals surface area contributed by atoms with Crippen LogP contribution in [-0.2, 0) is 12.2 Å². The maximum Gasteiger partial charge on any atom is 0.265 e. The molecule has 25 heavy (non-hydrogen) atoms. The highest BCUT2D eigenvalue weighted by atomic mass is 127. The van der Waals surface area contributed by atoms with Crippen molar-refractivity contribution in [1.82, 2.24) is 9.97 Å². The third-order valence-corrected chi connectivity index (χ3v) is 5.72. The molecule has 0 unspecified atom stereocenters. The topological polar surface area (TPSA) is 55.0 Å². The van der Waals surface area contributed by atoms with Crippen molar-refractivity contribution in [1.29, 1.82) is 0 Å². The zero-order valence-electron chi connectivity index (χ0n) is 13.7. The Morgan fingerprint density at radius 1 is 1.08 bits per heavy atom. The van der Waals surface area contributed by atoms with Gasteiger partial charge in [-0.1, -0.05) is 54.2 Å². The van der Waals surface area contributed by atoms with E-state index in [2.05, 4.69) is 32.6 Å². The van der Waals surface area contributed by atoms with Gasteiger partial charge in [0.1, 0.15) is 9.32 Å². The van der Waals surface area contributed by atoms with E-state index >= 15 is 0 Å². The van der Waals surface area contributed by atoms with Gasteiger partial charge in [0, 0.05) is 12.2 Å². The summed E-state index contributed by atoms with van der Waals surface area (Å²) in [5, 5.41) is 0.646. The van der Waals surface area contributed by atoms with Crippen LogP contribution >= 0.6 is 34.4 Å². The number of H-pyrrole nitrogens is 1. The van der Waals surface area contributed by atoms with Crippen LogP contribution in [0.5, 0.6) is 5.75 Å². The molecule has 0 saturated carbocycles. The second kappa shape index (κ2) is 8.53. The molecule has 1 aromatic heterocycles. The molecule has 3 aromatic rings. The minimum atomic E-state index is -0.0845. The van der Waals surface area contributed by atoms with Crippen LogP contribution in [-0.4, -0.2) is 17.1 Å². The molecule has 0 spiro atoms. The average Bonchev–Trinajstić information content (AvgIpc) is 2.65. The normalized spacial score (nSPS) is 10.6. The van der Waals surface area contributed by atoms with Crippen molar-refractivity contribution >= 4 is 34.4 Å². The van der Waals surface area contributed by atoms with Crippen molar-refractivity contribution in [2.24, 2.45) is 0 Å². The molecule has 0 aliphatic carbocycles. The molecule has 0 amide bonds. The SMILES string of the molecule is COc1ccc(CSc2nc(Cc3ccccc3)c(I)c(=O)[nH]2)cc1. The Morgan fingerprint density at radius 2 is 1.80 bits per heavy atom. The van der Waals surface area contributed by atoms with E-state index in [0.29, 0.717) is 15.1 Å². The van der Waals surface area contributed by atoms with Crippen LogP contribution in [0.25, 0.3) is 0 Å². The standard InChI is InChI=1S/C19H17IN2O2S/c1-24-15-9-7-14(8-10-15)12-25-19-21-16(17(20)18(23)22-19)11-13-5-3-2-4-6-13/h2-10H,11-12H2,1H3,(H,21,22,23). The third kappa shape index (κ3) is 4.85. The number of aromatic nitrogens is 2. The molecule has 0 atom stereocenters. The Labute approximate surface area is 164 Å². The van der Waals surface area contributed by atoms with E-state index in [1.807, 2.05) is 54.6 Å². The van der Waals surface area contributed by atoms with E-state index < -0.39 is 0 Å². The van der Waals surface area contributed by atoms with Crippen molar-refractivity contribution < 1.29 is 4.74 Å². The van der Waals surface area contributed by atoms with Gasteiger partial charge < -0.3 is 9.72 Å². The predicted octanol–water partition coefficient (Wildman–Crippen LogP) is 4.27. The number of halogens is 1. The van der Waals surface area contributed by atoms with Crippen LogP contribution in [0.1, 0.15) is 16.8 Å². The van der Waals surface area contributed by atoms with Gasteiger partial charge in [-0.15, -0.1) is 0 Å². The van der Waals surface area contributed by atoms with Crippen LogP contribution in [0.4, 0.5) is 0 Å². The van der Waals surface area contributed by atoms with Gasteiger partial charge >= 0.3 is 0 Å². The molecule has 3 rings (SSSR count). The highest BCUT2D eigenvalue weighted by Crippen LogP contribution is 2.22. The first-order chi connectivity index (χ1) is 12.2. The van der Waals surface area contributed by atoms with Crippen molar-refractivity contribution in [3.8, 4) is 5.75 Å². The highest BCUT2D eigenvalue weighted by molar-refractivity contribution is 14.1. The smallest absolute Gasteiger partial charge is 0.265 e. The molecule has 0 bridgehead atoms. The first-order valence-electron chi connectivity index (χ1n) is 7.74. The molecular formula is C19H17IN2O2S. The number of ether oxygens (including phenoxy) is 1. The Hall–Kier alpha value is -1.80. The van der Waals surface area contributed by atoms with E-state index in [9.17, 15) is 4.79 Å². The van der Waals surface area contributed by atoms with E-state index in [4.69, 9.17) is 4.74 Å². The summed E-state index contributed by atoms with van der Waals surface area (Å²) < 4.78 is 5.81. The van der Waals surface area contributed by atoms with E-state index in [0.717, 1.165) is 28.3 Å². The lowest BCUT2D eigenvalue weighted by Gasteiger charge is -2.07. The van der Waals surface area contributed by atoms with Gasteiger partial charge in [0.15, 0.2) is 5.16 Å². The lowest BCUT2D eigenvalue weighted by atomic mass is 10.1. The maximum absolute atomic E-state index is 12.2. The van der Waals surface area contributed by atoms with Crippen LogP contribution in [0, 0.1) is 3.57 Å². The number of hydrogen-bond acceptors (Lipinski definition) is 4. The molecule has 0 radical (unpaired) electrons. The number of thioether (sulfide) groups is 1. The van der Waals surface area contributed by atoms with Crippen molar-refractivity contribution in [3.63, 3.8) is 0 Å². The second-order valence-corrected chi connectivity index (χ2v) is 7.47. The Bertz CT molecular complexity index is 896. The monoisotopic (exact) mass is 464 g/mol. The molecule has 2 aromatic carbocycles. The van der Waals surface area contributed by atoms with Crippen molar-refractivity contribution in [3.05, 3.63) is 85.3 Å². The number of aromatic amines is 1. The van der Waals surface area contributed by atoms with E-state index in [1.165, 1.54) is 11.8 Å². The zero-order chi connectivity index (χ0) is 17.6. The largest absolute Gasteiger partial charge is 0.497 e. The molecule has 1 heterocycles. The van der Waals surface area contributed by atoms with E-state index in [-0.39, 0.29) is 5.56 Å². The van der Waals surface area contributed by atoms with Crippen LogP contribution in [0.2, 0.25) is 0 Å². The van der Waals surface area contributed by atoms with Gasteiger partial charge in [-0.05, 0) is 45.9 Å². The van der Waals surface area contributed by atoms with Gasteiger partial charge in [0.05, 0.1) is 12.8 Å². The summed E-state index contributed by atoms with van der Waals surface area (Å²) >= 11 is 3.59. The molecule has 128 valence electrons. The average molecular weight is 464 g/mol. The summed E-state index contributed by atoms with van der Waals surface area (Å²) in [6, 6.07) is 18.0. The van der Waals surface area contributed by atoms with Crippen LogP contribution in [0.3, 0.4) is 0 Å². The van der Waals surface area contributed by atoms with Crippen LogP contribution < -0.4 is 10.3 Å². The summed E-state index contributed by atoms with van der Waals surface area (Å²) in [5.74, 6) is 1.57. The van der Waals surface area contributed by atoms with Gasteiger partial charge in [-0.2, -0.15) is 0 Å². The third-order valence-electron chi connectivity index (χ3n) is 3.66. The van der Waals surface area contributed by atoms with Crippen molar-refractivity contribution in [2.45, 2.75) is 17.3 Å². The minimum Gasteiger partial charge on any atom is -0.497 e. The fourth-order valence-corrected chi connectivity index (χ4v) is 3.61. The van der Waals surface area contributed by atoms with E-state index in [1.54, 1.807) is 7.11 Å². The molecule has 0 aliphatic rings.